The molecule has 1 aromatic carbocycles. The number of halogens is 1. The first kappa shape index (κ1) is 11.8. The first-order valence-electron chi connectivity index (χ1n) is 6.19. The van der Waals surface area contributed by atoms with Crippen molar-refractivity contribution >= 4 is 17.3 Å². The van der Waals surface area contributed by atoms with E-state index >= 15 is 0 Å². The second-order valence-electron chi connectivity index (χ2n) is 5.55. The lowest BCUT2D eigenvalue weighted by Crippen LogP contribution is -2.33. The summed E-state index contributed by atoms with van der Waals surface area (Å²) < 4.78 is 6.13. The monoisotopic (exact) mass is 262 g/mol. The molecule has 2 aliphatic carbocycles. The van der Waals surface area contributed by atoms with Crippen molar-refractivity contribution in [2.45, 2.75) is 43.2 Å². The summed E-state index contributed by atoms with van der Waals surface area (Å²) in [6.07, 6.45) is 5.06. The topological polar surface area (TPSA) is 39.6 Å². The van der Waals surface area contributed by atoms with Crippen LogP contribution in [0.4, 0.5) is 5.69 Å². The molecule has 94 valence electrons. The van der Waals surface area contributed by atoms with Crippen LogP contribution in [0.15, 0.2) is 18.2 Å². The fraction of sp³-hybridized carbons (Fsp3) is 0.500. The summed E-state index contributed by atoms with van der Waals surface area (Å²) in [7, 11) is 0. The average molecular weight is 263 g/mol. The lowest BCUT2D eigenvalue weighted by Gasteiger charge is -2.28. The van der Waals surface area contributed by atoms with Crippen LogP contribution in [0, 0.1) is 6.57 Å². The van der Waals surface area contributed by atoms with Crippen molar-refractivity contribution in [3.8, 4) is 5.75 Å². The van der Waals surface area contributed by atoms with E-state index in [1.807, 2.05) is 6.07 Å². The normalized spacial score (nSPS) is 33.4. The highest BCUT2D eigenvalue weighted by Crippen LogP contribution is 2.51. The van der Waals surface area contributed by atoms with Gasteiger partial charge in [-0.25, -0.2) is 4.85 Å². The summed E-state index contributed by atoms with van der Waals surface area (Å²) in [6.45, 7) is 6.97. The summed E-state index contributed by atoms with van der Waals surface area (Å²) in [6, 6.07) is 5.27. The van der Waals surface area contributed by atoms with Crippen LogP contribution in [-0.2, 0) is 0 Å². The molecule has 2 aliphatic rings. The van der Waals surface area contributed by atoms with E-state index in [4.69, 9.17) is 28.6 Å². The minimum atomic E-state index is -0.0995. The zero-order valence-electron chi connectivity index (χ0n) is 10.1. The second-order valence-corrected chi connectivity index (χ2v) is 5.96. The minimum Gasteiger partial charge on any atom is -0.487 e. The standard InChI is InChI=1S/C14H15ClN2O/c1-17-12-3-2-10(8-11(12)15)18-14-6-4-13(16,9-14)5-7-14/h2-3,8H,4-7,9,16H2. The Labute approximate surface area is 112 Å². The first-order valence-corrected chi connectivity index (χ1v) is 6.57. The Balaban J connectivity index is 1.82. The van der Waals surface area contributed by atoms with Crippen molar-refractivity contribution in [2.24, 2.45) is 5.73 Å². The Morgan fingerprint density at radius 2 is 2.00 bits per heavy atom. The van der Waals surface area contributed by atoms with Gasteiger partial charge in [0.25, 0.3) is 0 Å². The molecule has 0 amide bonds. The quantitative estimate of drug-likeness (QED) is 0.826. The lowest BCUT2D eigenvalue weighted by atomic mass is 9.93. The number of rotatable bonds is 2. The van der Waals surface area contributed by atoms with Gasteiger partial charge in [-0.3, -0.25) is 0 Å². The maximum Gasteiger partial charge on any atom is 0.205 e. The number of hydrogen-bond acceptors (Lipinski definition) is 2. The zero-order valence-corrected chi connectivity index (χ0v) is 10.8. The van der Waals surface area contributed by atoms with Gasteiger partial charge in [0.05, 0.1) is 11.6 Å². The molecule has 0 saturated heterocycles. The maximum absolute atomic E-state index is 6.97. The van der Waals surface area contributed by atoms with Crippen LogP contribution in [0.2, 0.25) is 5.02 Å². The average Bonchev–Trinajstić information content (AvgIpc) is 2.82. The van der Waals surface area contributed by atoms with E-state index < -0.39 is 0 Å². The fourth-order valence-electron chi connectivity index (χ4n) is 3.23. The Bertz CT molecular complexity index is 527. The van der Waals surface area contributed by atoms with Gasteiger partial charge in [0.15, 0.2) is 0 Å². The number of nitrogens with two attached hydrogens (primary N) is 1. The van der Waals surface area contributed by atoms with Crippen LogP contribution in [0.25, 0.3) is 4.85 Å². The molecule has 0 heterocycles. The SMILES string of the molecule is [C-]#[N+]c1ccc(OC23CCC(N)(CC2)C3)cc1Cl. The van der Waals surface area contributed by atoms with E-state index in [-0.39, 0.29) is 11.1 Å². The summed E-state index contributed by atoms with van der Waals surface area (Å²) in [5, 5.41) is 0.453. The highest BCUT2D eigenvalue weighted by atomic mass is 35.5. The number of hydrogen-bond donors (Lipinski definition) is 1. The van der Waals surface area contributed by atoms with Crippen LogP contribution < -0.4 is 10.5 Å². The van der Waals surface area contributed by atoms with E-state index in [2.05, 4.69) is 4.85 Å². The van der Waals surface area contributed by atoms with Gasteiger partial charge in [0.2, 0.25) is 5.69 Å². The number of ether oxygens (including phenoxy) is 1. The Kier molecular flexibility index (Phi) is 2.55. The van der Waals surface area contributed by atoms with E-state index in [9.17, 15) is 0 Å². The third-order valence-electron chi connectivity index (χ3n) is 4.21. The predicted octanol–water partition coefficient (Wildman–Crippen LogP) is 3.68. The second kappa shape index (κ2) is 3.88. The van der Waals surface area contributed by atoms with Crippen molar-refractivity contribution in [1.29, 1.82) is 0 Å². The first-order chi connectivity index (χ1) is 8.54. The smallest absolute Gasteiger partial charge is 0.205 e. The number of fused-ring (bicyclic) bond motifs is 2. The van der Waals surface area contributed by atoms with Gasteiger partial charge in [-0.05, 0) is 37.8 Å². The van der Waals surface area contributed by atoms with E-state index in [1.165, 1.54) is 0 Å². The molecular weight excluding hydrogens is 248 g/mol. The molecule has 2 saturated carbocycles. The van der Waals surface area contributed by atoms with Crippen LogP contribution in [-0.4, -0.2) is 11.1 Å². The van der Waals surface area contributed by atoms with Crippen LogP contribution >= 0.6 is 11.6 Å². The van der Waals surface area contributed by atoms with Gasteiger partial charge in [-0.15, -0.1) is 0 Å². The van der Waals surface area contributed by atoms with Gasteiger partial charge in [-0.1, -0.05) is 17.7 Å². The van der Waals surface area contributed by atoms with Crippen molar-refractivity contribution in [2.75, 3.05) is 0 Å². The molecule has 0 atom stereocenters. The molecule has 0 spiro atoms. The molecule has 2 N–H and O–H groups in total. The predicted molar refractivity (Wildman–Crippen MR) is 71.1 cm³/mol. The molecule has 18 heavy (non-hydrogen) atoms. The Morgan fingerprint density at radius 1 is 1.28 bits per heavy atom. The van der Waals surface area contributed by atoms with Crippen LogP contribution in [0.5, 0.6) is 5.75 Å². The molecule has 2 bridgehead atoms. The number of nitrogens with zero attached hydrogens (tertiary/aromatic N) is 1. The molecule has 4 heteroatoms. The van der Waals surface area contributed by atoms with Crippen molar-refractivity contribution in [1.82, 2.24) is 0 Å². The molecule has 0 unspecified atom stereocenters. The highest BCUT2D eigenvalue weighted by Gasteiger charge is 2.54. The molecule has 0 aliphatic heterocycles. The Hall–Kier alpha value is -1.24. The van der Waals surface area contributed by atoms with Crippen molar-refractivity contribution < 1.29 is 4.74 Å². The van der Waals surface area contributed by atoms with E-state index in [0.717, 1.165) is 37.9 Å². The summed E-state index contributed by atoms with van der Waals surface area (Å²) in [5.74, 6) is 0.749. The molecular formula is C14H15ClN2O. The molecule has 3 nitrogen and oxygen atoms in total. The largest absolute Gasteiger partial charge is 0.487 e. The molecule has 1 aromatic rings. The lowest BCUT2D eigenvalue weighted by molar-refractivity contribution is 0.0803. The summed E-state index contributed by atoms with van der Waals surface area (Å²) in [4.78, 5) is 3.34. The minimum absolute atomic E-state index is 0.0136. The summed E-state index contributed by atoms with van der Waals surface area (Å²) in [5.41, 5.74) is 6.62. The molecule has 3 rings (SSSR count). The van der Waals surface area contributed by atoms with Crippen LogP contribution in [0.1, 0.15) is 32.1 Å². The Morgan fingerprint density at radius 3 is 2.50 bits per heavy atom. The molecule has 0 radical (unpaired) electrons. The van der Waals surface area contributed by atoms with E-state index in [1.54, 1.807) is 12.1 Å². The van der Waals surface area contributed by atoms with Gasteiger partial charge in [0.1, 0.15) is 11.4 Å². The molecule has 0 aromatic heterocycles. The molecule has 2 fully saturated rings. The van der Waals surface area contributed by atoms with Crippen LogP contribution in [0.3, 0.4) is 0 Å². The highest BCUT2D eigenvalue weighted by molar-refractivity contribution is 6.33. The third kappa shape index (κ3) is 1.86. The third-order valence-corrected chi connectivity index (χ3v) is 4.51. The maximum atomic E-state index is 6.97. The van der Waals surface area contributed by atoms with Gasteiger partial charge in [0, 0.05) is 12.0 Å². The van der Waals surface area contributed by atoms with Crippen molar-refractivity contribution in [3.05, 3.63) is 34.6 Å². The number of benzene rings is 1. The zero-order chi connectivity index (χ0) is 12.8. The van der Waals surface area contributed by atoms with Crippen molar-refractivity contribution in [3.63, 3.8) is 0 Å². The van der Waals surface area contributed by atoms with Gasteiger partial charge >= 0.3 is 0 Å². The van der Waals surface area contributed by atoms with Gasteiger partial charge in [-0.2, -0.15) is 0 Å². The van der Waals surface area contributed by atoms with E-state index in [0.29, 0.717) is 10.7 Å². The van der Waals surface area contributed by atoms with Gasteiger partial charge < -0.3 is 10.5 Å². The fourth-order valence-corrected chi connectivity index (χ4v) is 3.44. The summed E-state index contributed by atoms with van der Waals surface area (Å²) >= 11 is 6.02.